The molecule has 0 atom stereocenters. The third-order valence-electron chi connectivity index (χ3n) is 4.44. The number of esters is 1. The van der Waals surface area contributed by atoms with Crippen LogP contribution in [0.15, 0.2) is 65.7 Å². The summed E-state index contributed by atoms with van der Waals surface area (Å²) in [7, 11) is 0. The maximum atomic E-state index is 12.9. The van der Waals surface area contributed by atoms with E-state index in [4.69, 9.17) is 16.3 Å². The first-order valence-corrected chi connectivity index (χ1v) is 10.3. The van der Waals surface area contributed by atoms with Crippen molar-refractivity contribution in [1.82, 2.24) is 4.57 Å². The molecular formula is C22H17ClN2O3S. The SMILES string of the molecule is CCOC(=O)Cn1c(=NC(=O)c2ccc3ccccc3c2)sc2cccc(Cl)c21. The number of ether oxygens (including phenoxy) is 1. The van der Waals surface area contributed by atoms with Crippen molar-refractivity contribution in [2.45, 2.75) is 13.5 Å². The van der Waals surface area contributed by atoms with Crippen LogP contribution in [0.1, 0.15) is 17.3 Å². The maximum Gasteiger partial charge on any atom is 0.326 e. The van der Waals surface area contributed by atoms with Gasteiger partial charge in [0.25, 0.3) is 5.91 Å². The van der Waals surface area contributed by atoms with Gasteiger partial charge >= 0.3 is 5.97 Å². The van der Waals surface area contributed by atoms with Crippen molar-refractivity contribution < 1.29 is 14.3 Å². The van der Waals surface area contributed by atoms with Crippen molar-refractivity contribution in [3.63, 3.8) is 0 Å². The van der Waals surface area contributed by atoms with E-state index in [1.165, 1.54) is 11.3 Å². The van der Waals surface area contributed by atoms with E-state index in [0.717, 1.165) is 15.5 Å². The van der Waals surface area contributed by atoms with E-state index in [9.17, 15) is 9.59 Å². The molecule has 0 saturated heterocycles. The normalized spacial score (nSPS) is 11.9. The Morgan fingerprint density at radius 3 is 2.66 bits per heavy atom. The Hall–Kier alpha value is -2.96. The largest absolute Gasteiger partial charge is 0.465 e. The highest BCUT2D eigenvalue weighted by Gasteiger charge is 2.15. The van der Waals surface area contributed by atoms with Gasteiger partial charge in [-0.15, -0.1) is 0 Å². The van der Waals surface area contributed by atoms with Crippen molar-refractivity contribution >= 4 is 55.8 Å². The van der Waals surface area contributed by atoms with E-state index in [2.05, 4.69) is 4.99 Å². The molecule has 0 radical (unpaired) electrons. The third kappa shape index (κ3) is 3.95. The lowest BCUT2D eigenvalue weighted by Gasteiger charge is -2.06. The smallest absolute Gasteiger partial charge is 0.326 e. The number of carbonyl (C=O) groups is 2. The summed E-state index contributed by atoms with van der Waals surface area (Å²) in [6, 6.07) is 18.7. The van der Waals surface area contributed by atoms with Gasteiger partial charge in [-0.3, -0.25) is 9.59 Å². The molecule has 4 rings (SSSR count). The molecule has 1 heterocycles. The number of hydrogen-bond donors (Lipinski definition) is 0. The molecule has 1 aromatic heterocycles. The number of fused-ring (bicyclic) bond motifs is 2. The molecule has 0 bridgehead atoms. The highest BCUT2D eigenvalue weighted by atomic mass is 35.5. The molecule has 7 heteroatoms. The van der Waals surface area contributed by atoms with Gasteiger partial charge in [-0.25, -0.2) is 0 Å². The second kappa shape index (κ2) is 8.19. The first-order chi connectivity index (χ1) is 14.1. The van der Waals surface area contributed by atoms with E-state index in [0.29, 0.717) is 20.9 Å². The van der Waals surface area contributed by atoms with Crippen molar-refractivity contribution in [2.24, 2.45) is 4.99 Å². The molecule has 0 fully saturated rings. The maximum absolute atomic E-state index is 12.9. The van der Waals surface area contributed by atoms with E-state index in [-0.39, 0.29) is 19.1 Å². The summed E-state index contributed by atoms with van der Waals surface area (Å²) >= 11 is 7.67. The van der Waals surface area contributed by atoms with Crippen molar-refractivity contribution in [1.29, 1.82) is 0 Å². The summed E-state index contributed by atoms with van der Waals surface area (Å²) in [5, 5.41) is 2.50. The van der Waals surface area contributed by atoms with Gasteiger partial charge in [0.1, 0.15) is 6.54 Å². The zero-order chi connectivity index (χ0) is 20.4. The molecule has 0 N–H and O–H groups in total. The van der Waals surface area contributed by atoms with Crippen LogP contribution in [0.25, 0.3) is 21.0 Å². The second-order valence-electron chi connectivity index (χ2n) is 6.34. The molecule has 0 aliphatic rings. The molecule has 4 aromatic rings. The molecule has 0 aliphatic carbocycles. The van der Waals surface area contributed by atoms with Gasteiger partial charge in [-0.05, 0) is 42.0 Å². The number of benzene rings is 3. The minimum atomic E-state index is -0.410. The fourth-order valence-corrected chi connectivity index (χ4v) is 4.52. The van der Waals surface area contributed by atoms with Crippen molar-refractivity contribution in [3.8, 4) is 0 Å². The number of carbonyl (C=O) groups excluding carboxylic acids is 2. The second-order valence-corrected chi connectivity index (χ2v) is 7.76. The van der Waals surface area contributed by atoms with E-state index in [1.54, 1.807) is 23.6 Å². The van der Waals surface area contributed by atoms with Gasteiger partial charge in [0.15, 0.2) is 4.80 Å². The Morgan fingerprint density at radius 2 is 1.86 bits per heavy atom. The van der Waals surface area contributed by atoms with E-state index in [1.807, 2.05) is 48.5 Å². The van der Waals surface area contributed by atoms with Gasteiger partial charge in [0.05, 0.1) is 21.8 Å². The Balaban J connectivity index is 1.82. The van der Waals surface area contributed by atoms with Crippen molar-refractivity contribution in [2.75, 3.05) is 6.61 Å². The summed E-state index contributed by atoms with van der Waals surface area (Å²) in [4.78, 5) is 29.7. The minimum Gasteiger partial charge on any atom is -0.465 e. The first kappa shape index (κ1) is 19.4. The summed E-state index contributed by atoms with van der Waals surface area (Å²) in [6.07, 6.45) is 0. The lowest BCUT2D eigenvalue weighted by atomic mass is 10.1. The molecule has 5 nitrogen and oxygen atoms in total. The van der Waals surface area contributed by atoms with Gasteiger partial charge < -0.3 is 9.30 Å². The predicted molar refractivity (Wildman–Crippen MR) is 115 cm³/mol. The van der Waals surface area contributed by atoms with Crippen LogP contribution in [0.3, 0.4) is 0 Å². The third-order valence-corrected chi connectivity index (χ3v) is 5.79. The van der Waals surface area contributed by atoms with Crippen LogP contribution in [-0.2, 0) is 16.1 Å². The lowest BCUT2D eigenvalue weighted by Crippen LogP contribution is -2.23. The van der Waals surface area contributed by atoms with Gasteiger partial charge in [0.2, 0.25) is 0 Å². The topological polar surface area (TPSA) is 60.7 Å². The number of amides is 1. The monoisotopic (exact) mass is 424 g/mol. The number of thiazole rings is 1. The highest BCUT2D eigenvalue weighted by molar-refractivity contribution is 7.16. The molecule has 3 aromatic carbocycles. The number of para-hydroxylation sites is 1. The highest BCUT2D eigenvalue weighted by Crippen LogP contribution is 2.25. The van der Waals surface area contributed by atoms with Crippen LogP contribution in [0.2, 0.25) is 5.02 Å². The zero-order valence-electron chi connectivity index (χ0n) is 15.6. The molecule has 146 valence electrons. The van der Waals surface area contributed by atoms with Crippen molar-refractivity contribution in [3.05, 3.63) is 76.1 Å². The first-order valence-electron chi connectivity index (χ1n) is 9.08. The molecule has 0 spiro atoms. The van der Waals surface area contributed by atoms with Gasteiger partial charge in [0, 0.05) is 5.56 Å². The Bertz CT molecular complexity index is 1310. The number of halogens is 1. The summed E-state index contributed by atoms with van der Waals surface area (Å²) in [6.45, 7) is 1.95. The van der Waals surface area contributed by atoms with E-state index < -0.39 is 5.97 Å². The van der Waals surface area contributed by atoms with Crippen LogP contribution in [0.4, 0.5) is 0 Å². The lowest BCUT2D eigenvalue weighted by molar-refractivity contribution is -0.143. The summed E-state index contributed by atoms with van der Waals surface area (Å²) in [5.41, 5.74) is 1.15. The zero-order valence-corrected chi connectivity index (χ0v) is 17.2. The average Bonchev–Trinajstić information content (AvgIpc) is 3.06. The fraction of sp³-hybridized carbons (Fsp3) is 0.136. The molecule has 0 unspecified atom stereocenters. The average molecular weight is 425 g/mol. The fourth-order valence-electron chi connectivity index (χ4n) is 3.13. The Morgan fingerprint density at radius 1 is 1.07 bits per heavy atom. The van der Waals surface area contributed by atoms with Gasteiger partial charge in [-0.1, -0.05) is 59.3 Å². The molecule has 1 amide bonds. The predicted octanol–water partition coefficient (Wildman–Crippen LogP) is 4.81. The number of rotatable bonds is 4. The molecule has 0 saturated carbocycles. The summed E-state index contributed by atoms with van der Waals surface area (Å²) in [5.74, 6) is -0.789. The Labute approximate surface area is 175 Å². The standard InChI is InChI=1S/C22H17ClN2O3S/c1-2-28-19(26)13-25-20-17(23)8-5-9-18(20)29-22(25)24-21(27)16-11-10-14-6-3-4-7-15(14)12-16/h3-12H,2,13H2,1H3. The number of hydrogen-bond acceptors (Lipinski definition) is 4. The molecule has 29 heavy (non-hydrogen) atoms. The van der Waals surface area contributed by atoms with Crippen LogP contribution >= 0.6 is 22.9 Å². The van der Waals surface area contributed by atoms with Crippen LogP contribution in [0.5, 0.6) is 0 Å². The Kier molecular flexibility index (Phi) is 5.47. The van der Waals surface area contributed by atoms with Crippen LogP contribution < -0.4 is 4.80 Å². The van der Waals surface area contributed by atoms with Crippen LogP contribution in [0, 0.1) is 0 Å². The van der Waals surface area contributed by atoms with Crippen LogP contribution in [-0.4, -0.2) is 23.1 Å². The van der Waals surface area contributed by atoms with E-state index >= 15 is 0 Å². The van der Waals surface area contributed by atoms with Gasteiger partial charge in [-0.2, -0.15) is 4.99 Å². The number of aromatic nitrogens is 1. The minimum absolute atomic E-state index is 0.0680. The number of nitrogens with zero attached hydrogens (tertiary/aromatic N) is 2. The molecular weight excluding hydrogens is 408 g/mol. The quantitative estimate of drug-likeness (QED) is 0.441. The summed E-state index contributed by atoms with van der Waals surface area (Å²) < 4.78 is 7.55. The molecule has 0 aliphatic heterocycles.